The summed E-state index contributed by atoms with van der Waals surface area (Å²) in [4.78, 5) is 23.4. The Balaban J connectivity index is 0.000000552. The van der Waals surface area contributed by atoms with Gasteiger partial charge in [0.1, 0.15) is 18.3 Å². The minimum Gasteiger partial charge on any atom is -0.465 e. The molecule has 32 heavy (non-hydrogen) atoms. The van der Waals surface area contributed by atoms with Crippen molar-refractivity contribution in [2.45, 2.75) is 38.6 Å². The highest BCUT2D eigenvalue weighted by molar-refractivity contribution is 5.76. The Kier molecular flexibility index (Phi) is 6.91. The van der Waals surface area contributed by atoms with E-state index in [1.807, 2.05) is 41.1 Å². The molecule has 3 aromatic heterocycles. The first-order chi connectivity index (χ1) is 15.7. The first-order valence-corrected chi connectivity index (χ1v) is 10.7. The lowest BCUT2D eigenvalue weighted by Crippen LogP contribution is -2.22. The Morgan fingerprint density at radius 3 is 2.53 bits per heavy atom. The topological polar surface area (TPSA) is 123 Å². The Hall–Kier alpha value is -3.95. The SMILES string of the molecule is C1CCC1.O=C(O)NCCCn1ccc2cnc(Nc3ccc(-n4cncn4)cc3)nc21. The molecule has 10 nitrogen and oxygen atoms in total. The molecule has 0 unspecified atom stereocenters. The summed E-state index contributed by atoms with van der Waals surface area (Å²) in [6.07, 6.45) is 12.5. The van der Waals surface area contributed by atoms with Crippen molar-refractivity contribution in [3.63, 3.8) is 0 Å². The number of aromatic nitrogens is 6. The second kappa shape index (κ2) is 10.4. The number of hydrogen-bond donors (Lipinski definition) is 3. The number of fused-ring (bicyclic) bond motifs is 1. The van der Waals surface area contributed by atoms with Gasteiger partial charge in [-0.3, -0.25) is 0 Å². The molecule has 1 saturated carbocycles. The van der Waals surface area contributed by atoms with Crippen LogP contribution >= 0.6 is 0 Å². The van der Waals surface area contributed by atoms with E-state index in [4.69, 9.17) is 5.11 Å². The summed E-state index contributed by atoms with van der Waals surface area (Å²) in [5, 5.41) is 19.2. The first kappa shape index (κ1) is 21.3. The van der Waals surface area contributed by atoms with Gasteiger partial charge >= 0.3 is 6.09 Å². The van der Waals surface area contributed by atoms with Crippen LogP contribution in [0.3, 0.4) is 0 Å². The van der Waals surface area contributed by atoms with Crippen LogP contribution in [0.4, 0.5) is 16.4 Å². The molecule has 0 radical (unpaired) electrons. The number of hydrogen-bond acceptors (Lipinski definition) is 6. The Morgan fingerprint density at radius 1 is 1.09 bits per heavy atom. The number of amides is 1. The fourth-order valence-corrected chi connectivity index (χ4v) is 3.07. The number of nitrogens with zero attached hydrogens (tertiary/aromatic N) is 6. The van der Waals surface area contributed by atoms with E-state index in [1.165, 1.54) is 32.0 Å². The van der Waals surface area contributed by atoms with E-state index < -0.39 is 6.09 Å². The van der Waals surface area contributed by atoms with Gasteiger partial charge in [0, 0.05) is 36.6 Å². The van der Waals surface area contributed by atoms with Crippen LogP contribution in [0.5, 0.6) is 0 Å². The zero-order chi connectivity index (χ0) is 22.2. The summed E-state index contributed by atoms with van der Waals surface area (Å²) in [5.74, 6) is 0.490. The van der Waals surface area contributed by atoms with Gasteiger partial charge in [-0.15, -0.1) is 0 Å². The largest absolute Gasteiger partial charge is 0.465 e. The molecule has 1 amide bonds. The molecule has 0 saturated heterocycles. The van der Waals surface area contributed by atoms with E-state index in [0.717, 1.165) is 22.4 Å². The van der Waals surface area contributed by atoms with Gasteiger partial charge in [-0.05, 0) is 36.8 Å². The Bertz CT molecular complexity index is 1130. The molecule has 10 heteroatoms. The van der Waals surface area contributed by atoms with Crippen molar-refractivity contribution in [3.05, 3.63) is 55.4 Å². The molecule has 5 rings (SSSR count). The van der Waals surface area contributed by atoms with Crippen LogP contribution in [0.1, 0.15) is 32.1 Å². The number of aryl methyl sites for hydroxylation is 1. The average Bonchev–Trinajstić information content (AvgIpc) is 3.41. The zero-order valence-corrected chi connectivity index (χ0v) is 17.7. The van der Waals surface area contributed by atoms with Crippen LogP contribution in [-0.4, -0.2) is 47.0 Å². The second-order valence-electron chi connectivity index (χ2n) is 7.49. The third kappa shape index (κ3) is 5.60. The third-order valence-corrected chi connectivity index (χ3v) is 5.16. The van der Waals surface area contributed by atoms with Gasteiger partial charge in [0.2, 0.25) is 5.95 Å². The smallest absolute Gasteiger partial charge is 0.404 e. The number of benzene rings is 1. The number of carbonyl (C=O) groups is 1. The molecule has 3 N–H and O–H groups in total. The quantitative estimate of drug-likeness (QED) is 0.376. The van der Waals surface area contributed by atoms with Gasteiger partial charge in [-0.2, -0.15) is 10.1 Å². The number of carboxylic acid groups (broad SMARTS) is 1. The van der Waals surface area contributed by atoms with Gasteiger partial charge in [-0.25, -0.2) is 19.4 Å². The number of nitrogens with one attached hydrogen (secondary N) is 2. The predicted octanol–water partition coefficient (Wildman–Crippen LogP) is 3.97. The van der Waals surface area contributed by atoms with Crippen molar-refractivity contribution >= 4 is 28.8 Å². The molecule has 1 aliphatic carbocycles. The highest BCUT2D eigenvalue weighted by Crippen LogP contribution is 2.19. The van der Waals surface area contributed by atoms with Crippen molar-refractivity contribution in [1.82, 2.24) is 34.6 Å². The average molecular weight is 435 g/mol. The van der Waals surface area contributed by atoms with Crippen LogP contribution in [0.15, 0.2) is 55.4 Å². The van der Waals surface area contributed by atoms with Crippen molar-refractivity contribution in [1.29, 1.82) is 0 Å². The lowest BCUT2D eigenvalue weighted by Gasteiger charge is -2.08. The highest BCUT2D eigenvalue weighted by Gasteiger charge is 2.07. The Labute approximate surface area is 185 Å². The monoisotopic (exact) mass is 434 g/mol. The van der Waals surface area contributed by atoms with Gasteiger partial charge < -0.3 is 20.3 Å². The highest BCUT2D eigenvalue weighted by atomic mass is 16.4. The Morgan fingerprint density at radius 2 is 1.88 bits per heavy atom. The normalized spacial score (nSPS) is 12.5. The van der Waals surface area contributed by atoms with Crippen LogP contribution < -0.4 is 10.6 Å². The molecular formula is C22H26N8O2. The van der Waals surface area contributed by atoms with E-state index in [0.29, 0.717) is 25.5 Å². The number of rotatable bonds is 7. The second-order valence-corrected chi connectivity index (χ2v) is 7.49. The van der Waals surface area contributed by atoms with Gasteiger partial charge in [-0.1, -0.05) is 25.7 Å². The molecule has 1 fully saturated rings. The minimum absolute atomic E-state index is 0.392. The number of anilines is 2. The summed E-state index contributed by atoms with van der Waals surface area (Å²) in [6.45, 7) is 1.05. The lowest BCUT2D eigenvalue weighted by molar-refractivity contribution is 0.194. The molecule has 4 aromatic rings. The molecule has 0 atom stereocenters. The summed E-state index contributed by atoms with van der Waals surface area (Å²) in [5.41, 5.74) is 2.56. The molecule has 1 aromatic carbocycles. The molecule has 166 valence electrons. The van der Waals surface area contributed by atoms with Gasteiger partial charge in [0.05, 0.1) is 5.69 Å². The van der Waals surface area contributed by atoms with E-state index in [9.17, 15) is 4.79 Å². The third-order valence-electron chi connectivity index (χ3n) is 5.16. The van der Waals surface area contributed by atoms with E-state index >= 15 is 0 Å². The van der Waals surface area contributed by atoms with Crippen LogP contribution in [0, 0.1) is 0 Å². The molecule has 0 aliphatic heterocycles. The molecule has 1 aliphatic rings. The lowest BCUT2D eigenvalue weighted by atomic mass is 10.0. The van der Waals surface area contributed by atoms with Crippen LogP contribution in [-0.2, 0) is 6.54 Å². The van der Waals surface area contributed by atoms with E-state index in [2.05, 4.69) is 30.7 Å². The van der Waals surface area contributed by atoms with Crippen LogP contribution in [0.2, 0.25) is 0 Å². The van der Waals surface area contributed by atoms with E-state index in [-0.39, 0.29) is 0 Å². The minimum atomic E-state index is -1.01. The fourth-order valence-electron chi connectivity index (χ4n) is 3.07. The maximum Gasteiger partial charge on any atom is 0.404 e. The van der Waals surface area contributed by atoms with Gasteiger partial charge in [0.15, 0.2) is 0 Å². The predicted molar refractivity (Wildman–Crippen MR) is 121 cm³/mol. The van der Waals surface area contributed by atoms with Crippen molar-refractivity contribution < 1.29 is 9.90 Å². The molecular weight excluding hydrogens is 408 g/mol. The summed E-state index contributed by atoms with van der Waals surface area (Å²) < 4.78 is 3.66. The standard InChI is InChI=1S/C18H18N8O2.C4H8/c27-18(28)20-7-1-8-25-9-6-13-10-21-17(24-16(13)25)23-14-2-4-15(5-3-14)26-12-19-11-22-26;1-2-4-3-1/h2-6,9-12,20H,1,7-8H2,(H,27,28)(H,21,23,24);1-4H2. The van der Waals surface area contributed by atoms with Gasteiger partial charge in [0.25, 0.3) is 0 Å². The first-order valence-electron chi connectivity index (χ1n) is 10.7. The summed E-state index contributed by atoms with van der Waals surface area (Å²) in [6, 6.07) is 9.63. The van der Waals surface area contributed by atoms with Crippen molar-refractivity contribution in [2.75, 3.05) is 11.9 Å². The van der Waals surface area contributed by atoms with Crippen molar-refractivity contribution in [2.24, 2.45) is 0 Å². The summed E-state index contributed by atoms with van der Waals surface area (Å²) in [7, 11) is 0. The maximum absolute atomic E-state index is 10.5. The fraction of sp³-hybridized carbons (Fsp3) is 0.318. The molecule has 0 bridgehead atoms. The molecule has 0 spiro atoms. The van der Waals surface area contributed by atoms with Crippen molar-refractivity contribution in [3.8, 4) is 5.69 Å². The summed E-state index contributed by atoms with van der Waals surface area (Å²) >= 11 is 0. The zero-order valence-electron chi connectivity index (χ0n) is 17.7. The van der Waals surface area contributed by atoms with E-state index in [1.54, 1.807) is 17.2 Å². The molecule has 3 heterocycles. The maximum atomic E-state index is 10.5. The van der Waals surface area contributed by atoms with Crippen LogP contribution in [0.25, 0.3) is 16.7 Å².